The zero-order valence-corrected chi connectivity index (χ0v) is 5.94. The van der Waals surface area contributed by atoms with Crippen LogP contribution in [0.2, 0.25) is 0 Å². The van der Waals surface area contributed by atoms with Crippen molar-refractivity contribution in [1.29, 1.82) is 0 Å². The van der Waals surface area contributed by atoms with Gasteiger partial charge in [-0.2, -0.15) is 0 Å². The molecule has 0 aromatic heterocycles. The van der Waals surface area contributed by atoms with Gasteiger partial charge in [-0.15, -0.1) is 23.5 Å². The van der Waals surface area contributed by atoms with E-state index in [0.29, 0.717) is 0 Å². The van der Waals surface area contributed by atoms with Crippen molar-refractivity contribution in [3.63, 3.8) is 0 Å². The molecule has 0 unspecified atom stereocenters. The van der Waals surface area contributed by atoms with E-state index in [1.54, 1.807) is 0 Å². The predicted octanol–water partition coefficient (Wildman–Crippen LogP) is 1.32. The van der Waals surface area contributed by atoms with Gasteiger partial charge in [0.25, 0.3) is 0 Å². The lowest BCUT2D eigenvalue weighted by molar-refractivity contribution is 0.935. The van der Waals surface area contributed by atoms with Gasteiger partial charge in [-0.25, -0.2) is 0 Å². The predicted molar refractivity (Wildman–Crippen MR) is 37.5 cm³/mol. The molecule has 1 fully saturated rings. The molecule has 0 saturated carbocycles. The highest BCUT2D eigenvalue weighted by atomic mass is 32.2. The molecule has 0 aromatic carbocycles. The van der Waals surface area contributed by atoms with Crippen molar-refractivity contribution in [2.45, 2.75) is 11.5 Å². The van der Waals surface area contributed by atoms with Crippen molar-refractivity contribution in [3.8, 4) is 0 Å². The molecule has 7 heavy (non-hydrogen) atoms. The molecule has 0 amide bonds. The summed E-state index contributed by atoms with van der Waals surface area (Å²) in [6.07, 6.45) is 0. The van der Waals surface area contributed by atoms with Gasteiger partial charge in [0.15, 0.2) is 0 Å². The van der Waals surface area contributed by atoms with E-state index in [9.17, 15) is 0 Å². The van der Waals surface area contributed by atoms with Crippen LogP contribution in [0.15, 0.2) is 0 Å². The fraction of sp³-hybridized carbons (Fsp3) is 1.00. The molecule has 1 heterocycles. The summed E-state index contributed by atoms with van der Waals surface area (Å²) in [5.74, 6) is 2.27. The lowest BCUT2D eigenvalue weighted by Crippen LogP contribution is -2.19. The van der Waals surface area contributed by atoms with Crippen LogP contribution >= 0.6 is 23.5 Å². The summed E-state index contributed by atoms with van der Waals surface area (Å²) < 4.78 is 0.807. The minimum absolute atomic E-state index is 0.807. The second-order valence-corrected chi connectivity index (χ2v) is 4.40. The first kappa shape index (κ1) is 5.79. The Balaban J connectivity index is 2.12. The van der Waals surface area contributed by atoms with Gasteiger partial charge in [0.1, 0.15) is 0 Å². The zero-order valence-electron chi connectivity index (χ0n) is 4.31. The first-order chi connectivity index (χ1) is 3.39. The Morgan fingerprint density at radius 2 is 2.00 bits per heavy atom. The molecule has 1 aliphatic rings. The van der Waals surface area contributed by atoms with E-state index in [-0.39, 0.29) is 0 Å². The molecule has 0 radical (unpaired) electrons. The summed E-state index contributed by atoms with van der Waals surface area (Å²) in [6.45, 7) is 2.25. The molecule has 0 bridgehead atoms. The molecule has 1 aliphatic heterocycles. The minimum atomic E-state index is 0.807. The van der Waals surface area contributed by atoms with E-state index < -0.39 is 0 Å². The number of hydrogen-bond donors (Lipinski definition) is 1. The van der Waals surface area contributed by atoms with Crippen molar-refractivity contribution in [1.82, 2.24) is 5.32 Å². The van der Waals surface area contributed by atoms with E-state index in [0.717, 1.165) is 16.3 Å². The Hall–Kier alpha value is 0.660. The van der Waals surface area contributed by atoms with Crippen molar-refractivity contribution < 1.29 is 0 Å². The summed E-state index contributed by atoms with van der Waals surface area (Å²) in [5.41, 5.74) is 0. The fourth-order valence-corrected chi connectivity index (χ4v) is 2.27. The molecule has 0 spiro atoms. The molecule has 1 saturated heterocycles. The highest BCUT2D eigenvalue weighted by Crippen LogP contribution is 2.24. The third-order valence-electron chi connectivity index (χ3n) is 0.840. The lowest BCUT2D eigenvalue weighted by atomic mass is 11.0. The first-order valence-corrected chi connectivity index (χ1v) is 4.43. The van der Waals surface area contributed by atoms with Crippen LogP contribution in [0.5, 0.6) is 0 Å². The van der Waals surface area contributed by atoms with Gasteiger partial charge in [0.05, 0.1) is 0 Å². The summed E-state index contributed by atoms with van der Waals surface area (Å²) in [6, 6.07) is 0. The van der Waals surface area contributed by atoms with Crippen molar-refractivity contribution in [2.75, 3.05) is 11.8 Å². The fourth-order valence-electron chi connectivity index (χ4n) is 0.442. The average Bonchev–Trinajstić information content (AvgIpc) is 1.69. The van der Waals surface area contributed by atoms with Gasteiger partial charge in [-0.1, -0.05) is 0 Å². The topological polar surface area (TPSA) is 12.0 Å². The second-order valence-electron chi connectivity index (χ2n) is 1.44. The number of nitrogens with one attached hydrogen (secondary N) is 1. The molecule has 42 valence electrons. The Labute approximate surface area is 52.6 Å². The van der Waals surface area contributed by atoms with Crippen LogP contribution in [0.3, 0.4) is 0 Å². The molecule has 1 N–H and O–H groups in total. The van der Waals surface area contributed by atoms with Crippen LogP contribution in [0.25, 0.3) is 0 Å². The summed E-state index contributed by atoms with van der Waals surface area (Å²) >= 11 is 3.94. The van der Waals surface area contributed by atoms with Crippen LogP contribution in [-0.2, 0) is 0 Å². The van der Waals surface area contributed by atoms with Gasteiger partial charge in [0, 0.05) is 16.3 Å². The normalized spacial score (nSPS) is 25.3. The Morgan fingerprint density at radius 3 is 2.29 bits per heavy atom. The lowest BCUT2D eigenvalue weighted by Gasteiger charge is -2.16. The van der Waals surface area contributed by atoms with Gasteiger partial charge in [-0.3, -0.25) is 5.32 Å². The van der Waals surface area contributed by atoms with E-state index in [1.165, 1.54) is 0 Å². The molecule has 0 aromatic rings. The van der Waals surface area contributed by atoms with Crippen molar-refractivity contribution in [3.05, 3.63) is 0 Å². The molecule has 1 rings (SSSR count). The van der Waals surface area contributed by atoms with Crippen LogP contribution < -0.4 is 5.32 Å². The van der Waals surface area contributed by atoms with Crippen molar-refractivity contribution >= 4 is 23.5 Å². The first-order valence-electron chi connectivity index (χ1n) is 2.33. The molecule has 0 aliphatic carbocycles. The standard InChI is InChI=1S/C4H9NS2/c1-4-6-2-5-3-7-4/h4-5H,2-3H2,1H3. The quantitative estimate of drug-likeness (QED) is 0.538. The highest BCUT2D eigenvalue weighted by molar-refractivity contribution is 8.17. The number of thioether (sulfide) groups is 2. The maximum atomic E-state index is 3.24. The maximum absolute atomic E-state index is 3.24. The Morgan fingerprint density at radius 1 is 1.43 bits per heavy atom. The van der Waals surface area contributed by atoms with Crippen LogP contribution in [0, 0.1) is 0 Å². The largest absolute Gasteiger partial charge is 0.299 e. The number of hydrogen-bond acceptors (Lipinski definition) is 3. The van der Waals surface area contributed by atoms with Crippen LogP contribution in [0.1, 0.15) is 6.92 Å². The monoisotopic (exact) mass is 135 g/mol. The summed E-state index contributed by atoms with van der Waals surface area (Å²) in [4.78, 5) is 0. The minimum Gasteiger partial charge on any atom is -0.299 e. The van der Waals surface area contributed by atoms with Gasteiger partial charge in [0.2, 0.25) is 0 Å². The molecule has 1 nitrogen and oxygen atoms in total. The van der Waals surface area contributed by atoms with E-state index in [1.807, 2.05) is 23.5 Å². The van der Waals surface area contributed by atoms with Crippen LogP contribution in [-0.4, -0.2) is 16.3 Å². The van der Waals surface area contributed by atoms with Crippen LogP contribution in [0.4, 0.5) is 0 Å². The zero-order chi connectivity index (χ0) is 5.11. The van der Waals surface area contributed by atoms with Gasteiger partial charge < -0.3 is 0 Å². The number of rotatable bonds is 0. The highest BCUT2D eigenvalue weighted by Gasteiger charge is 2.05. The maximum Gasteiger partial charge on any atom is 0.0500 e. The van der Waals surface area contributed by atoms with Crippen molar-refractivity contribution in [2.24, 2.45) is 0 Å². The molecular formula is C4H9NS2. The Kier molecular flexibility index (Phi) is 2.35. The Bertz CT molecular complexity index is 51.7. The molecular weight excluding hydrogens is 126 g/mol. The molecule has 0 atom stereocenters. The second kappa shape index (κ2) is 2.84. The molecule has 3 heteroatoms. The smallest absolute Gasteiger partial charge is 0.0500 e. The van der Waals surface area contributed by atoms with E-state index >= 15 is 0 Å². The third kappa shape index (κ3) is 1.93. The average molecular weight is 135 g/mol. The SMILES string of the molecule is CC1SCNCS1. The third-order valence-corrected chi connectivity index (χ3v) is 3.34. The van der Waals surface area contributed by atoms with E-state index in [4.69, 9.17) is 0 Å². The van der Waals surface area contributed by atoms with E-state index in [2.05, 4.69) is 12.2 Å². The van der Waals surface area contributed by atoms with Gasteiger partial charge in [-0.05, 0) is 6.92 Å². The van der Waals surface area contributed by atoms with Gasteiger partial charge >= 0.3 is 0 Å². The summed E-state index contributed by atoms with van der Waals surface area (Å²) in [7, 11) is 0. The summed E-state index contributed by atoms with van der Waals surface area (Å²) in [5, 5.41) is 3.24.